The monoisotopic (exact) mass is 348 g/mol. The number of aromatic nitrogens is 2. The summed E-state index contributed by atoms with van der Waals surface area (Å²) >= 11 is 1.30. The fourth-order valence-corrected chi connectivity index (χ4v) is 3.09. The van der Waals surface area contributed by atoms with E-state index in [0.29, 0.717) is 16.4 Å². The van der Waals surface area contributed by atoms with Crippen molar-refractivity contribution in [3.05, 3.63) is 35.2 Å². The molecule has 2 amide bonds. The summed E-state index contributed by atoms with van der Waals surface area (Å²) in [6.07, 6.45) is 5.29. The third kappa shape index (κ3) is 4.67. The molecule has 0 saturated heterocycles. The maximum atomic E-state index is 12.5. The van der Waals surface area contributed by atoms with Gasteiger partial charge >= 0.3 is 0 Å². The molecule has 1 atom stereocenters. The van der Waals surface area contributed by atoms with Gasteiger partial charge in [-0.05, 0) is 25.5 Å². The number of imidazole rings is 1. The summed E-state index contributed by atoms with van der Waals surface area (Å²) in [6, 6.07) is 1.81. The first kappa shape index (κ1) is 18.2. The Bertz CT molecular complexity index is 714. The molecule has 0 spiro atoms. The van der Waals surface area contributed by atoms with E-state index in [-0.39, 0.29) is 17.9 Å². The second-order valence-electron chi connectivity index (χ2n) is 6.96. The van der Waals surface area contributed by atoms with Crippen LogP contribution in [0.5, 0.6) is 0 Å². The molecule has 2 aromatic heterocycles. The van der Waals surface area contributed by atoms with Crippen molar-refractivity contribution in [3.8, 4) is 0 Å². The van der Waals surface area contributed by atoms with E-state index in [9.17, 15) is 9.59 Å². The van der Waals surface area contributed by atoms with Gasteiger partial charge in [-0.2, -0.15) is 0 Å². The molecular weight excluding hydrogens is 324 g/mol. The molecule has 0 bridgehead atoms. The summed E-state index contributed by atoms with van der Waals surface area (Å²) in [6.45, 7) is 10.0. The van der Waals surface area contributed by atoms with Crippen molar-refractivity contribution in [2.75, 3.05) is 5.32 Å². The van der Waals surface area contributed by atoms with Crippen LogP contribution in [0.15, 0.2) is 24.8 Å². The van der Waals surface area contributed by atoms with Crippen LogP contribution >= 0.6 is 11.3 Å². The van der Waals surface area contributed by atoms with Crippen molar-refractivity contribution in [1.29, 1.82) is 0 Å². The van der Waals surface area contributed by atoms with Gasteiger partial charge in [-0.15, -0.1) is 11.3 Å². The van der Waals surface area contributed by atoms with Crippen LogP contribution in [0, 0.1) is 12.3 Å². The van der Waals surface area contributed by atoms with Gasteiger partial charge < -0.3 is 15.2 Å². The number of aryl methyl sites for hydroxylation is 1. The Hall–Kier alpha value is -2.15. The van der Waals surface area contributed by atoms with Crippen LogP contribution in [0.4, 0.5) is 5.00 Å². The highest BCUT2D eigenvalue weighted by molar-refractivity contribution is 7.18. The van der Waals surface area contributed by atoms with Gasteiger partial charge in [0.2, 0.25) is 5.91 Å². The molecule has 0 aliphatic heterocycles. The maximum absolute atomic E-state index is 12.5. The highest BCUT2D eigenvalue weighted by Gasteiger charge is 2.23. The third-order valence-electron chi connectivity index (χ3n) is 3.46. The standard InChI is InChI=1S/C17H24N4O2S/c1-11-8-13(20-16(23)17(3,4)5)24-14(11)15(22)19-12(2)9-21-7-6-18-10-21/h6-8,10,12H,9H2,1-5H3,(H,19,22)(H,20,23)/t12-/m1/s1. The smallest absolute Gasteiger partial charge is 0.261 e. The summed E-state index contributed by atoms with van der Waals surface area (Å²) in [5.74, 6) is -0.189. The number of carbonyl (C=O) groups is 2. The van der Waals surface area contributed by atoms with Crippen LogP contribution in [-0.4, -0.2) is 27.4 Å². The average molecular weight is 348 g/mol. The quantitative estimate of drug-likeness (QED) is 0.872. The zero-order chi connectivity index (χ0) is 17.9. The lowest BCUT2D eigenvalue weighted by atomic mass is 9.96. The third-order valence-corrected chi connectivity index (χ3v) is 4.61. The molecule has 7 heteroatoms. The molecule has 2 aromatic rings. The number of nitrogens with zero attached hydrogens (tertiary/aromatic N) is 2. The lowest BCUT2D eigenvalue weighted by molar-refractivity contribution is -0.123. The molecular formula is C17H24N4O2S. The van der Waals surface area contributed by atoms with Crippen molar-refractivity contribution >= 4 is 28.2 Å². The Morgan fingerprint density at radius 1 is 1.38 bits per heavy atom. The Morgan fingerprint density at radius 2 is 2.08 bits per heavy atom. The van der Waals surface area contributed by atoms with Gasteiger partial charge in [0.05, 0.1) is 16.2 Å². The second kappa shape index (κ2) is 7.17. The molecule has 0 radical (unpaired) electrons. The molecule has 0 fully saturated rings. The van der Waals surface area contributed by atoms with Crippen LogP contribution in [0.2, 0.25) is 0 Å². The van der Waals surface area contributed by atoms with Crippen molar-refractivity contribution in [2.45, 2.75) is 47.2 Å². The van der Waals surface area contributed by atoms with Crippen LogP contribution in [0.1, 0.15) is 42.9 Å². The van der Waals surface area contributed by atoms with Gasteiger partial charge in [-0.1, -0.05) is 20.8 Å². The van der Waals surface area contributed by atoms with Crippen molar-refractivity contribution in [3.63, 3.8) is 0 Å². The second-order valence-corrected chi connectivity index (χ2v) is 8.01. The number of carbonyl (C=O) groups excluding carboxylic acids is 2. The molecule has 2 N–H and O–H groups in total. The molecule has 0 aliphatic carbocycles. The van der Waals surface area contributed by atoms with Crippen LogP contribution < -0.4 is 10.6 Å². The van der Waals surface area contributed by atoms with E-state index in [0.717, 1.165) is 5.56 Å². The first-order valence-electron chi connectivity index (χ1n) is 7.85. The molecule has 2 heterocycles. The van der Waals surface area contributed by atoms with Crippen molar-refractivity contribution in [2.24, 2.45) is 5.41 Å². The SMILES string of the molecule is Cc1cc(NC(=O)C(C)(C)C)sc1C(=O)N[C@H](C)Cn1ccnc1. The average Bonchev–Trinajstić information content (AvgIpc) is 3.07. The van der Waals surface area contributed by atoms with E-state index in [1.54, 1.807) is 12.5 Å². The largest absolute Gasteiger partial charge is 0.347 e. The summed E-state index contributed by atoms with van der Waals surface area (Å²) < 4.78 is 1.92. The molecule has 0 aromatic carbocycles. The first-order chi connectivity index (χ1) is 11.2. The van der Waals surface area contributed by atoms with E-state index in [2.05, 4.69) is 15.6 Å². The highest BCUT2D eigenvalue weighted by Crippen LogP contribution is 2.28. The highest BCUT2D eigenvalue weighted by atomic mass is 32.1. The van der Waals surface area contributed by atoms with Crippen LogP contribution in [0.25, 0.3) is 0 Å². The van der Waals surface area contributed by atoms with E-state index < -0.39 is 5.41 Å². The first-order valence-corrected chi connectivity index (χ1v) is 8.67. The van der Waals surface area contributed by atoms with Crippen LogP contribution in [-0.2, 0) is 11.3 Å². The predicted octanol–water partition coefficient (Wildman–Crippen LogP) is 3.06. The van der Waals surface area contributed by atoms with E-state index in [1.807, 2.05) is 51.4 Å². The number of rotatable bonds is 5. The summed E-state index contributed by atoms with van der Waals surface area (Å²) in [5.41, 5.74) is 0.385. The Balaban J connectivity index is 2.01. The molecule has 6 nitrogen and oxygen atoms in total. The molecule has 0 aliphatic rings. The summed E-state index contributed by atoms with van der Waals surface area (Å²) in [5, 5.41) is 6.55. The van der Waals surface area contributed by atoms with Gasteiger partial charge in [0.1, 0.15) is 0 Å². The minimum Gasteiger partial charge on any atom is -0.347 e. The Kier molecular flexibility index (Phi) is 5.43. The van der Waals surface area contributed by atoms with E-state index >= 15 is 0 Å². The normalized spacial score (nSPS) is 12.7. The molecule has 2 rings (SSSR count). The fourth-order valence-electron chi connectivity index (χ4n) is 2.11. The fraction of sp³-hybridized carbons (Fsp3) is 0.471. The predicted molar refractivity (Wildman–Crippen MR) is 96.3 cm³/mol. The van der Waals surface area contributed by atoms with Gasteiger partial charge in [0.15, 0.2) is 0 Å². The maximum Gasteiger partial charge on any atom is 0.261 e. The minimum absolute atomic E-state index is 0.0270. The molecule has 130 valence electrons. The lowest BCUT2D eigenvalue weighted by Crippen LogP contribution is -2.35. The number of hydrogen-bond donors (Lipinski definition) is 2. The number of anilines is 1. The van der Waals surface area contributed by atoms with Gasteiger partial charge in [-0.25, -0.2) is 4.98 Å². The van der Waals surface area contributed by atoms with Crippen molar-refractivity contribution in [1.82, 2.24) is 14.9 Å². The zero-order valence-corrected chi connectivity index (χ0v) is 15.5. The Morgan fingerprint density at radius 3 is 2.67 bits per heavy atom. The van der Waals surface area contributed by atoms with Gasteiger partial charge in [0, 0.05) is 30.4 Å². The van der Waals surface area contributed by atoms with Crippen molar-refractivity contribution < 1.29 is 9.59 Å². The number of amides is 2. The number of thiophene rings is 1. The molecule has 24 heavy (non-hydrogen) atoms. The minimum atomic E-state index is -0.473. The topological polar surface area (TPSA) is 76.0 Å². The van der Waals surface area contributed by atoms with Gasteiger partial charge in [0.25, 0.3) is 5.91 Å². The molecule has 0 saturated carbocycles. The summed E-state index contributed by atoms with van der Waals surface area (Å²) in [7, 11) is 0. The summed E-state index contributed by atoms with van der Waals surface area (Å²) in [4.78, 5) is 29.1. The van der Waals surface area contributed by atoms with Crippen LogP contribution in [0.3, 0.4) is 0 Å². The van der Waals surface area contributed by atoms with E-state index in [4.69, 9.17) is 0 Å². The van der Waals surface area contributed by atoms with Gasteiger partial charge in [-0.3, -0.25) is 9.59 Å². The zero-order valence-electron chi connectivity index (χ0n) is 14.7. The molecule has 0 unspecified atom stereocenters. The lowest BCUT2D eigenvalue weighted by Gasteiger charge is -2.16. The van der Waals surface area contributed by atoms with E-state index in [1.165, 1.54) is 11.3 Å². The number of nitrogens with one attached hydrogen (secondary N) is 2. The number of hydrogen-bond acceptors (Lipinski definition) is 4. The Labute approximate surface area is 146 Å².